The first kappa shape index (κ1) is 40.3. The van der Waals surface area contributed by atoms with Crippen LogP contribution in [0.5, 0.6) is 0 Å². The molecule has 33 heavy (non-hydrogen) atoms. The molecule has 0 radical (unpaired) electrons. The van der Waals surface area contributed by atoms with E-state index < -0.39 is 0 Å². The number of rotatable bonds is 0. The van der Waals surface area contributed by atoms with Gasteiger partial charge < -0.3 is 16.0 Å². The fourth-order valence-corrected chi connectivity index (χ4v) is 3.36. The Labute approximate surface area is 225 Å². The second-order valence-corrected chi connectivity index (χ2v) is 14.4. The SMILES string of the molecule is CC(C)(C)[N-]C(C)(C)C.CC(C)(C)[N-]C(C)(C)C.CC(C)(C)[N-]C(C)(C)C.[C-]1=CC=CC1.[Ti+4]. The van der Waals surface area contributed by atoms with E-state index in [0.29, 0.717) is 0 Å². The van der Waals surface area contributed by atoms with Crippen LogP contribution in [0.3, 0.4) is 0 Å². The van der Waals surface area contributed by atoms with E-state index in [1.54, 1.807) is 0 Å². The minimum Gasteiger partial charge on any atom is -0.653 e. The van der Waals surface area contributed by atoms with Crippen molar-refractivity contribution in [2.75, 3.05) is 0 Å². The van der Waals surface area contributed by atoms with Gasteiger partial charge in [0, 0.05) is 0 Å². The topological polar surface area (TPSA) is 42.3 Å². The Balaban J connectivity index is -0.000000171. The predicted molar refractivity (Wildman–Crippen MR) is 150 cm³/mol. The third-order valence-corrected chi connectivity index (χ3v) is 2.60. The van der Waals surface area contributed by atoms with Crippen LogP contribution >= 0.6 is 0 Å². The number of hydrogen-bond acceptors (Lipinski definition) is 0. The summed E-state index contributed by atoms with van der Waals surface area (Å²) in [7, 11) is 0. The molecule has 0 amide bonds. The molecule has 0 atom stereocenters. The van der Waals surface area contributed by atoms with Crippen molar-refractivity contribution in [2.24, 2.45) is 0 Å². The predicted octanol–water partition coefficient (Wildman–Crippen LogP) is 10.2. The normalized spacial score (nSPS) is 14.1. The zero-order valence-corrected chi connectivity index (χ0v) is 27.3. The summed E-state index contributed by atoms with van der Waals surface area (Å²) in [6, 6.07) is 0. The van der Waals surface area contributed by atoms with Crippen molar-refractivity contribution in [3.05, 3.63) is 40.3 Å². The Morgan fingerprint density at radius 2 is 0.667 bits per heavy atom. The van der Waals surface area contributed by atoms with E-state index in [2.05, 4.69) is 153 Å². The van der Waals surface area contributed by atoms with Crippen molar-refractivity contribution in [1.29, 1.82) is 0 Å². The van der Waals surface area contributed by atoms with Gasteiger partial charge in [0.1, 0.15) is 0 Å². The molecule has 0 heterocycles. The van der Waals surface area contributed by atoms with Gasteiger partial charge in [-0.2, -0.15) is 6.08 Å². The Morgan fingerprint density at radius 1 is 0.455 bits per heavy atom. The van der Waals surface area contributed by atoms with Gasteiger partial charge in [0.25, 0.3) is 0 Å². The third kappa shape index (κ3) is 54.5. The average Bonchev–Trinajstić information content (AvgIpc) is 2.82. The molecular formula is C29H59N3Ti. The molecule has 1 aliphatic rings. The first-order valence-corrected chi connectivity index (χ1v) is 12.1. The molecule has 0 saturated carbocycles. The summed E-state index contributed by atoms with van der Waals surface area (Å²) in [5, 5.41) is 13.6. The van der Waals surface area contributed by atoms with E-state index in [0.717, 1.165) is 6.42 Å². The van der Waals surface area contributed by atoms with Gasteiger partial charge >= 0.3 is 21.7 Å². The average molecular weight is 498 g/mol. The molecule has 0 aliphatic heterocycles. The van der Waals surface area contributed by atoms with Gasteiger partial charge in [-0.15, -0.1) is 39.7 Å². The van der Waals surface area contributed by atoms with Crippen LogP contribution in [0.4, 0.5) is 0 Å². The molecular weight excluding hydrogens is 438 g/mol. The molecule has 0 aromatic heterocycles. The van der Waals surface area contributed by atoms with E-state index >= 15 is 0 Å². The zero-order chi connectivity index (χ0) is 26.7. The monoisotopic (exact) mass is 497 g/mol. The molecule has 0 unspecified atom stereocenters. The largest absolute Gasteiger partial charge is 4.00 e. The first-order chi connectivity index (χ1) is 13.6. The molecule has 0 aromatic carbocycles. The quantitative estimate of drug-likeness (QED) is 0.236. The van der Waals surface area contributed by atoms with Gasteiger partial charge in [0.2, 0.25) is 0 Å². The first-order valence-electron chi connectivity index (χ1n) is 12.1. The van der Waals surface area contributed by atoms with Crippen LogP contribution in [0, 0.1) is 6.08 Å². The van der Waals surface area contributed by atoms with Crippen molar-refractivity contribution in [3.63, 3.8) is 0 Å². The third-order valence-electron chi connectivity index (χ3n) is 2.60. The number of nitrogens with zero attached hydrogens (tertiary/aromatic N) is 3. The van der Waals surface area contributed by atoms with E-state index in [4.69, 9.17) is 0 Å². The van der Waals surface area contributed by atoms with Gasteiger partial charge in [0.05, 0.1) is 0 Å². The van der Waals surface area contributed by atoms with Crippen LogP contribution in [-0.4, -0.2) is 33.2 Å². The van der Waals surface area contributed by atoms with Gasteiger partial charge in [0.15, 0.2) is 0 Å². The fraction of sp³-hybridized carbons (Fsp3) is 0.862. The summed E-state index contributed by atoms with van der Waals surface area (Å²) in [5.74, 6) is 0. The van der Waals surface area contributed by atoms with Crippen LogP contribution in [0.25, 0.3) is 16.0 Å². The van der Waals surface area contributed by atoms with Gasteiger partial charge in [-0.05, 0) is 0 Å². The van der Waals surface area contributed by atoms with Crippen molar-refractivity contribution in [2.45, 2.75) is 164 Å². The Hall–Kier alpha value is 0.0743. The van der Waals surface area contributed by atoms with E-state index in [9.17, 15) is 0 Å². The smallest absolute Gasteiger partial charge is 0.653 e. The van der Waals surface area contributed by atoms with Crippen molar-refractivity contribution < 1.29 is 21.7 Å². The maximum absolute atomic E-state index is 4.54. The standard InChI is InChI=1S/3C8H18N.C5H5.Ti/c3*1-7(2,3)9-8(4,5)6;1-2-4-5-3-1;/h3*1-6H3;1-3H,4H2;/q4*-1;+4. The fourth-order valence-electron chi connectivity index (χ4n) is 3.36. The van der Waals surface area contributed by atoms with Crippen molar-refractivity contribution in [1.82, 2.24) is 0 Å². The van der Waals surface area contributed by atoms with E-state index in [1.165, 1.54) is 0 Å². The number of hydrogen-bond donors (Lipinski definition) is 0. The van der Waals surface area contributed by atoms with Crippen LogP contribution in [-0.2, 0) is 21.7 Å². The van der Waals surface area contributed by atoms with Gasteiger partial charge in [-0.1, -0.05) is 125 Å². The van der Waals surface area contributed by atoms with Crippen molar-refractivity contribution in [3.8, 4) is 0 Å². The second-order valence-electron chi connectivity index (χ2n) is 14.4. The summed E-state index contributed by atoms with van der Waals surface area (Å²) < 4.78 is 0. The van der Waals surface area contributed by atoms with E-state index in [1.807, 2.05) is 12.2 Å². The van der Waals surface area contributed by atoms with Gasteiger partial charge in [-0.3, -0.25) is 6.08 Å². The Morgan fingerprint density at radius 3 is 0.697 bits per heavy atom. The van der Waals surface area contributed by atoms with Crippen LogP contribution < -0.4 is 0 Å². The minimum atomic E-state index is 0. The maximum Gasteiger partial charge on any atom is 4.00 e. The summed E-state index contributed by atoms with van der Waals surface area (Å²) in [6.07, 6.45) is 10.0. The van der Waals surface area contributed by atoms with Crippen LogP contribution in [0.1, 0.15) is 131 Å². The molecule has 3 nitrogen and oxygen atoms in total. The maximum atomic E-state index is 4.54. The molecule has 1 aliphatic carbocycles. The van der Waals surface area contributed by atoms with E-state index in [-0.39, 0.29) is 55.0 Å². The van der Waals surface area contributed by atoms with Crippen LogP contribution in [0.2, 0.25) is 0 Å². The zero-order valence-electron chi connectivity index (χ0n) is 25.8. The molecule has 0 aromatic rings. The molecule has 0 N–H and O–H groups in total. The minimum absolute atomic E-state index is 0. The Kier molecular flexibility index (Phi) is 19.4. The second kappa shape index (κ2) is 15.9. The summed E-state index contributed by atoms with van der Waals surface area (Å²) in [6.45, 7) is 38.2. The molecule has 0 saturated heterocycles. The van der Waals surface area contributed by atoms with Crippen molar-refractivity contribution >= 4 is 0 Å². The number of allylic oxidation sites excluding steroid dienone is 4. The Bertz CT molecular complexity index is 412. The molecule has 0 spiro atoms. The molecule has 0 bridgehead atoms. The molecule has 194 valence electrons. The molecule has 4 heteroatoms. The molecule has 0 fully saturated rings. The van der Waals surface area contributed by atoms with Gasteiger partial charge in [-0.25, -0.2) is 12.2 Å². The molecule has 1 rings (SSSR count). The summed E-state index contributed by atoms with van der Waals surface area (Å²) in [5.41, 5.74) is 0.656. The van der Waals surface area contributed by atoms with Crippen LogP contribution in [0.15, 0.2) is 18.2 Å². The summed E-state index contributed by atoms with van der Waals surface area (Å²) >= 11 is 0. The summed E-state index contributed by atoms with van der Waals surface area (Å²) in [4.78, 5) is 0.